The van der Waals surface area contributed by atoms with E-state index < -0.39 is 17.6 Å². The smallest absolute Gasteiger partial charge is 0.267 e. The second-order valence-electron chi connectivity index (χ2n) is 7.31. The van der Waals surface area contributed by atoms with E-state index in [-0.39, 0.29) is 17.2 Å². The summed E-state index contributed by atoms with van der Waals surface area (Å²) in [5.41, 5.74) is 1.73. The maximum absolute atomic E-state index is 14.0. The third-order valence-electron chi connectivity index (χ3n) is 4.51. The first-order chi connectivity index (χ1) is 13.9. The van der Waals surface area contributed by atoms with Gasteiger partial charge in [-0.1, -0.05) is 44.2 Å². The van der Waals surface area contributed by atoms with E-state index in [0.29, 0.717) is 6.54 Å². The fraction of sp³-hybridized carbons (Fsp3) is 0.217. The van der Waals surface area contributed by atoms with Crippen LogP contribution < -0.4 is 10.6 Å². The van der Waals surface area contributed by atoms with Crippen molar-refractivity contribution in [2.75, 3.05) is 6.54 Å². The van der Waals surface area contributed by atoms with E-state index in [0.717, 1.165) is 16.5 Å². The highest BCUT2D eigenvalue weighted by Gasteiger charge is 2.18. The number of nitrogens with one attached hydrogen (secondary N) is 2. The number of rotatable bonds is 6. The Kier molecular flexibility index (Phi) is 6.12. The van der Waals surface area contributed by atoms with Gasteiger partial charge in [0.25, 0.3) is 11.8 Å². The van der Waals surface area contributed by atoms with Gasteiger partial charge in [-0.3, -0.25) is 9.59 Å². The number of aryl methyl sites for hydroxylation is 1. The van der Waals surface area contributed by atoms with Gasteiger partial charge in [-0.15, -0.1) is 0 Å². The zero-order valence-electron chi connectivity index (χ0n) is 16.7. The molecular weight excluding hydrogens is 369 g/mol. The first kappa shape index (κ1) is 20.3. The van der Waals surface area contributed by atoms with Crippen LogP contribution in [-0.4, -0.2) is 22.9 Å². The lowest BCUT2D eigenvalue weighted by Crippen LogP contribution is -2.36. The van der Waals surface area contributed by atoms with Crippen molar-refractivity contribution in [3.63, 3.8) is 0 Å². The summed E-state index contributed by atoms with van der Waals surface area (Å²) in [6, 6.07) is 13.4. The van der Waals surface area contributed by atoms with E-state index >= 15 is 0 Å². The fourth-order valence-corrected chi connectivity index (χ4v) is 3.03. The maximum Gasteiger partial charge on any atom is 0.267 e. The molecule has 0 saturated heterocycles. The Balaban J connectivity index is 1.98. The largest absolute Gasteiger partial charge is 0.351 e. The molecule has 5 nitrogen and oxygen atoms in total. The second kappa shape index (κ2) is 8.73. The van der Waals surface area contributed by atoms with Crippen molar-refractivity contribution < 1.29 is 14.0 Å². The topological polar surface area (TPSA) is 63.1 Å². The van der Waals surface area contributed by atoms with Crippen LogP contribution in [0.4, 0.5) is 4.39 Å². The third kappa shape index (κ3) is 4.71. The minimum atomic E-state index is -0.672. The maximum atomic E-state index is 14.0. The summed E-state index contributed by atoms with van der Waals surface area (Å²) in [5.74, 6) is -1.48. The quantitative estimate of drug-likeness (QED) is 0.625. The van der Waals surface area contributed by atoms with Gasteiger partial charge in [0.15, 0.2) is 0 Å². The predicted octanol–water partition coefficient (Wildman–Crippen LogP) is 3.86. The lowest BCUT2D eigenvalue weighted by Gasteiger charge is -2.12. The Morgan fingerprint density at radius 3 is 2.52 bits per heavy atom. The van der Waals surface area contributed by atoms with Gasteiger partial charge in [0.2, 0.25) is 0 Å². The number of amides is 2. The molecule has 0 fully saturated rings. The molecule has 3 rings (SSSR count). The number of hydrogen-bond acceptors (Lipinski definition) is 2. The van der Waals surface area contributed by atoms with Gasteiger partial charge < -0.3 is 15.2 Å². The molecule has 1 aromatic heterocycles. The molecule has 0 aliphatic carbocycles. The molecule has 6 heteroatoms. The van der Waals surface area contributed by atoms with E-state index in [1.807, 2.05) is 55.9 Å². The number of carbonyl (C=O) groups is 2. The Bertz CT molecular complexity index is 1080. The van der Waals surface area contributed by atoms with Gasteiger partial charge in [-0.05, 0) is 30.2 Å². The van der Waals surface area contributed by atoms with Crippen LogP contribution in [0.15, 0.2) is 60.4 Å². The number of fused-ring (bicyclic) bond motifs is 1. The summed E-state index contributed by atoms with van der Waals surface area (Å²) < 4.78 is 15.9. The highest BCUT2D eigenvalue weighted by molar-refractivity contribution is 6.06. The van der Waals surface area contributed by atoms with Gasteiger partial charge >= 0.3 is 0 Å². The standard InChI is InChI=1S/C23H24FN3O2/c1-15(2)13-25-23(29)20(26-22(28)18-9-4-6-10-19(18)24)12-16-14-27(3)21-11-7-5-8-17(16)21/h4-12,14-15H,13H2,1-3H3,(H,25,29)(H,26,28). The van der Waals surface area contributed by atoms with Gasteiger partial charge in [-0.2, -0.15) is 0 Å². The number of para-hydroxylation sites is 1. The van der Waals surface area contributed by atoms with Crippen LogP contribution in [0.2, 0.25) is 0 Å². The summed E-state index contributed by atoms with van der Waals surface area (Å²) in [7, 11) is 1.91. The van der Waals surface area contributed by atoms with Crippen molar-refractivity contribution in [2.24, 2.45) is 13.0 Å². The van der Waals surface area contributed by atoms with E-state index in [1.165, 1.54) is 18.2 Å². The molecule has 1 heterocycles. The monoisotopic (exact) mass is 393 g/mol. The molecule has 0 aliphatic heterocycles. The van der Waals surface area contributed by atoms with Gasteiger partial charge in [0.1, 0.15) is 11.5 Å². The van der Waals surface area contributed by atoms with Crippen molar-refractivity contribution >= 4 is 28.8 Å². The number of hydrogen-bond donors (Lipinski definition) is 2. The number of carbonyl (C=O) groups excluding carboxylic acids is 2. The molecular formula is C23H24FN3O2. The van der Waals surface area contributed by atoms with Crippen molar-refractivity contribution in [3.8, 4) is 0 Å². The molecule has 0 unspecified atom stereocenters. The first-order valence-corrected chi connectivity index (χ1v) is 9.46. The van der Waals surface area contributed by atoms with Crippen LogP contribution in [0.1, 0.15) is 29.8 Å². The minimum absolute atomic E-state index is 0.0651. The summed E-state index contributed by atoms with van der Waals surface area (Å²) in [6.45, 7) is 4.42. The van der Waals surface area contributed by atoms with Crippen LogP contribution in [0.25, 0.3) is 17.0 Å². The van der Waals surface area contributed by atoms with Gasteiger partial charge in [0, 0.05) is 36.3 Å². The minimum Gasteiger partial charge on any atom is -0.351 e. The normalized spacial score (nSPS) is 11.7. The average Bonchev–Trinajstić information content (AvgIpc) is 3.01. The number of aromatic nitrogens is 1. The summed E-state index contributed by atoms with van der Waals surface area (Å²) in [5, 5.41) is 6.34. The Hall–Kier alpha value is -3.41. The van der Waals surface area contributed by atoms with Gasteiger partial charge in [-0.25, -0.2) is 4.39 Å². The molecule has 0 spiro atoms. The molecule has 0 radical (unpaired) electrons. The molecule has 0 saturated carbocycles. The number of nitrogens with zero attached hydrogens (tertiary/aromatic N) is 1. The van der Waals surface area contributed by atoms with Gasteiger partial charge in [0.05, 0.1) is 5.56 Å². The molecule has 0 aliphatic rings. The van der Waals surface area contributed by atoms with E-state index in [9.17, 15) is 14.0 Å². The summed E-state index contributed by atoms with van der Waals surface area (Å²) >= 11 is 0. The molecule has 2 aromatic carbocycles. The van der Waals surface area contributed by atoms with Crippen molar-refractivity contribution in [3.05, 3.63) is 77.4 Å². The fourth-order valence-electron chi connectivity index (χ4n) is 3.03. The molecule has 2 amide bonds. The number of benzene rings is 2. The van der Waals surface area contributed by atoms with Crippen molar-refractivity contribution in [1.82, 2.24) is 15.2 Å². The van der Waals surface area contributed by atoms with Crippen molar-refractivity contribution in [2.45, 2.75) is 13.8 Å². The summed E-state index contributed by atoms with van der Waals surface area (Å²) in [4.78, 5) is 25.4. The van der Waals surface area contributed by atoms with Crippen LogP contribution in [0.5, 0.6) is 0 Å². The Labute approximate surface area is 169 Å². The molecule has 0 bridgehead atoms. The third-order valence-corrected chi connectivity index (χ3v) is 4.51. The highest BCUT2D eigenvalue weighted by atomic mass is 19.1. The van der Waals surface area contributed by atoms with Crippen LogP contribution in [-0.2, 0) is 11.8 Å². The molecule has 150 valence electrons. The lowest BCUT2D eigenvalue weighted by molar-refractivity contribution is -0.117. The van der Waals surface area contributed by atoms with Crippen LogP contribution in [0, 0.1) is 11.7 Å². The Morgan fingerprint density at radius 2 is 1.79 bits per heavy atom. The van der Waals surface area contributed by atoms with Crippen LogP contribution >= 0.6 is 0 Å². The van der Waals surface area contributed by atoms with E-state index in [4.69, 9.17) is 0 Å². The SMILES string of the molecule is CC(C)CNC(=O)C(=Cc1cn(C)c2ccccc12)NC(=O)c1ccccc1F. The highest BCUT2D eigenvalue weighted by Crippen LogP contribution is 2.22. The second-order valence-corrected chi connectivity index (χ2v) is 7.31. The molecule has 29 heavy (non-hydrogen) atoms. The summed E-state index contributed by atoms with van der Waals surface area (Å²) in [6.07, 6.45) is 3.51. The molecule has 3 aromatic rings. The van der Waals surface area contributed by atoms with Crippen LogP contribution in [0.3, 0.4) is 0 Å². The zero-order chi connectivity index (χ0) is 21.0. The zero-order valence-corrected chi connectivity index (χ0v) is 16.7. The van der Waals surface area contributed by atoms with E-state index in [1.54, 1.807) is 12.1 Å². The van der Waals surface area contributed by atoms with E-state index in [2.05, 4.69) is 10.6 Å². The molecule has 0 atom stereocenters. The molecule has 2 N–H and O–H groups in total. The predicted molar refractivity (Wildman–Crippen MR) is 113 cm³/mol. The Morgan fingerprint density at radius 1 is 1.10 bits per heavy atom. The first-order valence-electron chi connectivity index (χ1n) is 9.46. The van der Waals surface area contributed by atoms with Crippen molar-refractivity contribution in [1.29, 1.82) is 0 Å². The number of halogens is 1. The lowest BCUT2D eigenvalue weighted by atomic mass is 10.1. The average molecular weight is 393 g/mol.